The summed E-state index contributed by atoms with van der Waals surface area (Å²) in [7, 11) is 0. The molecule has 1 atom stereocenters. The lowest BCUT2D eigenvalue weighted by Gasteiger charge is -2.14. The van der Waals surface area contributed by atoms with Gasteiger partial charge in [0.1, 0.15) is 0 Å². The van der Waals surface area contributed by atoms with Crippen LogP contribution in [-0.4, -0.2) is 28.7 Å². The van der Waals surface area contributed by atoms with Gasteiger partial charge in [0, 0.05) is 28.1 Å². The lowest BCUT2D eigenvalue weighted by molar-refractivity contribution is -0.123. The third-order valence-electron chi connectivity index (χ3n) is 3.13. The summed E-state index contributed by atoms with van der Waals surface area (Å²) in [5.74, 6) is -1.25. The van der Waals surface area contributed by atoms with Crippen molar-refractivity contribution in [1.82, 2.24) is 4.98 Å². The van der Waals surface area contributed by atoms with E-state index in [-0.39, 0.29) is 11.3 Å². The second-order valence-corrected chi connectivity index (χ2v) is 5.98. The molecule has 1 aromatic carbocycles. The molecule has 0 aliphatic heterocycles. The van der Waals surface area contributed by atoms with Gasteiger partial charge < -0.3 is 10.1 Å². The third kappa shape index (κ3) is 4.73. The predicted molar refractivity (Wildman–Crippen MR) is 91.9 cm³/mol. The number of pyridine rings is 1. The van der Waals surface area contributed by atoms with Crippen LogP contribution in [0.1, 0.15) is 34.6 Å². The Balaban J connectivity index is 2.01. The topological polar surface area (TPSA) is 85.4 Å². The standard InChI is InChI=1S/C17H15BrN2O4/c1-10(21)12-4-3-5-15(7-12)20-16(22)11(2)24-17(23)13-6-14(18)9-19-8-13/h3-9,11H,1-2H3,(H,20,22)/t11-/m1/s1. The van der Waals surface area contributed by atoms with E-state index in [9.17, 15) is 14.4 Å². The minimum Gasteiger partial charge on any atom is -0.449 e. The van der Waals surface area contributed by atoms with Crippen LogP contribution < -0.4 is 5.32 Å². The zero-order valence-corrected chi connectivity index (χ0v) is 14.7. The molecule has 0 aliphatic carbocycles. The minimum atomic E-state index is -1.00. The number of halogens is 1. The highest BCUT2D eigenvalue weighted by Crippen LogP contribution is 2.14. The van der Waals surface area contributed by atoms with Crippen LogP contribution >= 0.6 is 15.9 Å². The first kappa shape index (κ1) is 17.8. The average Bonchev–Trinajstić information content (AvgIpc) is 2.54. The molecule has 1 amide bonds. The fraction of sp³-hybridized carbons (Fsp3) is 0.176. The van der Waals surface area contributed by atoms with E-state index >= 15 is 0 Å². The van der Waals surface area contributed by atoms with Crippen molar-refractivity contribution >= 4 is 39.3 Å². The lowest BCUT2D eigenvalue weighted by atomic mass is 10.1. The van der Waals surface area contributed by atoms with Gasteiger partial charge in [0.15, 0.2) is 11.9 Å². The summed E-state index contributed by atoms with van der Waals surface area (Å²) in [5, 5.41) is 2.61. The van der Waals surface area contributed by atoms with Gasteiger partial charge in [0.2, 0.25) is 0 Å². The fourth-order valence-corrected chi connectivity index (χ4v) is 2.23. The molecule has 0 bridgehead atoms. The van der Waals surface area contributed by atoms with E-state index in [1.165, 1.54) is 26.2 Å². The third-order valence-corrected chi connectivity index (χ3v) is 3.56. The second-order valence-electron chi connectivity index (χ2n) is 5.07. The summed E-state index contributed by atoms with van der Waals surface area (Å²) in [6.07, 6.45) is 1.89. The first-order chi connectivity index (χ1) is 11.4. The molecule has 0 saturated heterocycles. The molecule has 2 aromatic rings. The first-order valence-electron chi connectivity index (χ1n) is 7.10. The van der Waals surface area contributed by atoms with Crippen molar-refractivity contribution in [1.29, 1.82) is 0 Å². The number of nitrogens with zero attached hydrogens (tertiary/aromatic N) is 1. The molecule has 1 heterocycles. The van der Waals surface area contributed by atoms with Gasteiger partial charge in [-0.25, -0.2) is 4.79 Å². The maximum Gasteiger partial charge on any atom is 0.340 e. The Morgan fingerprint density at radius 2 is 1.92 bits per heavy atom. The summed E-state index contributed by atoms with van der Waals surface area (Å²) in [4.78, 5) is 39.4. The van der Waals surface area contributed by atoms with Gasteiger partial charge >= 0.3 is 5.97 Å². The number of nitrogens with one attached hydrogen (secondary N) is 1. The number of esters is 1. The normalized spacial score (nSPS) is 11.5. The molecule has 1 N–H and O–H groups in total. The lowest BCUT2D eigenvalue weighted by Crippen LogP contribution is -2.30. The van der Waals surface area contributed by atoms with Crippen LogP contribution in [0.4, 0.5) is 5.69 Å². The molecule has 0 fully saturated rings. The van der Waals surface area contributed by atoms with Crippen molar-refractivity contribution in [3.63, 3.8) is 0 Å². The Labute approximate surface area is 147 Å². The van der Waals surface area contributed by atoms with E-state index in [0.717, 1.165) is 0 Å². The number of hydrogen-bond acceptors (Lipinski definition) is 5. The van der Waals surface area contributed by atoms with E-state index in [4.69, 9.17) is 4.74 Å². The van der Waals surface area contributed by atoms with E-state index in [2.05, 4.69) is 26.2 Å². The monoisotopic (exact) mass is 390 g/mol. The van der Waals surface area contributed by atoms with Crippen molar-refractivity contribution < 1.29 is 19.1 Å². The quantitative estimate of drug-likeness (QED) is 0.625. The summed E-state index contributed by atoms with van der Waals surface area (Å²) in [5.41, 5.74) is 1.18. The molecular weight excluding hydrogens is 376 g/mol. The van der Waals surface area contributed by atoms with E-state index in [1.807, 2.05) is 0 Å². The molecule has 0 unspecified atom stereocenters. The number of hydrogen-bond donors (Lipinski definition) is 1. The molecule has 0 saturated carbocycles. The highest BCUT2D eigenvalue weighted by Gasteiger charge is 2.19. The van der Waals surface area contributed by atoms with E-state index in [0.29, 0.717) is 15.7 Å². The van der Waals surface area contributed by atoms with Crippen LogP contribution in [0.25, 0.3) is 0 Å². The smallest absolute Gasteiger partial charge is 0.340 e. The highest BCUT2D eigenvalue weighted by atomic mass is 79.9. The van der Waals surface area contributed by atoms with E-state index < -0.39 is 18.0 Å². The Kier molecular flexibility index (Phi) is 5.81. The predicted octanol–water partition coefficient (Wildman–Crippen LogP) is 3.23. The van der Waals surface area contributed by atoms with E-state index in [1.54, 1.807) is 30.3 Å². The zero-order chi connectivity index (χ0) is 17.7. The minimum absolute atomic E-state index is 0.104. The summed E-state index contributed by atoms with van der Waals surface area (Å²) in [6, 6.07) is 8.08. The number of Topliss-reactive ketones (excluding diaryl/α,β-unsaturated/α-hetero) is 1. The molecule has 0 spiro atoms. The Morgan fingerprint density at radius 1 is 1.17 bits per heavy atom. The molecule has 124 valence electrons. The van der Waals surface area contributed by atoms with Crippen LogP contribution in [0.15, 0.2) is 47.2 Å². The van der Waals surface area contributed by atoms with Gasteiger partial charge in [0.25, 0.3) is 5.91 Å². The fourth-order valence-electron chi connectivity index (χ4n) is 1.87. The average molecular weight is 391 g/mol. The van der Waals surface area contributed by atoms with Crippen LogP contribution in [-0.2, 0) is 9.53 Å². The van der Waals surface area contributed by atoms with Gasteiger partial charge in [0.05, 0.1) is 5.56 Å². The van der Waals surface area contributed by atoms with Crippen LogP contribution in [0.3, 0.4) is 0 Å². The van der Waals surface area contributed by atoms with Crippen molar-refractivity contribution in [2.75, 3.05) is 5.32 Å². The summed E-state index contributed by atoms with van der Waals surface area (Å²) < 4.78 is 5.76. The molecular formula is C17H15BrN2O4. The number of benzene rings is 1. The Bertz CT molecular complexity index is 792. The molecule has 1 aromatic heterocycles. The van der Waals surface area contributed by atoms with Crippen molar-refractivity contribution in [3.8, 4) is 0 Å². The number of carbonyl (C=O) groups excluding carboxylic acids is 3. The molecule has 2 rings (SSSR count). The van der Waals surface area contributed by atoms with Crippen molar-refractivity contribution in [2.24, 2.45) is 0 Å². The highest BCUT2D eigenvalue weighted by molar-refractivity contribution is 9.10. The van der Waals surface area contributed by atoms with Gasteiger partial charge in [-0.15, -0.1) is 0 Å². The van der Waals surface area contributed by atoms with Crippen LogP contribution in [0, 0.1) is 0 Å². The number of carbonyl (C=O) groups is 3. The van der Waals surface area contributed by atoms with Crippen LogP contribution in [0.2, 0.25) is 0 Å². The second kappa shape index (κ2) is 7.83. The number of amides is 1. The molecule has 6 nitrogen and oxygen atoms in total. The molecule has 24 heavy (non-hydrogen) atoms. The number of ether oxygens (including phenoxy) is 1. The maximum atomic E-state index is 12.1. The number of anilines is 1. The van der Waals surface area contributed by atoms with Gasteiger partial charge in [-0.3, -0.25) is 14.6 Å². The molecule has 0 radical (unpaired) electrons. The SMILES string of the molecule is CC(=O)c1cccc(NC(=O)[C@@H](C)OC(=O)c2cncc(Br)c2)c1. The van der Waals surface area contributed by atoms with Crippen molar-refractivity contribution in [2.45, 2.75) is 20.0 Å². The number of rotatable bonds is 5. The van der Waals surface area contributed by atoms with Gasteiger partial charge in [-0.1, -0.05) is 12.1 Å². The Morgan fingerprint density at radius 3 is 2.58 bits per heavy atom. The summed E-state index contributed by atoms with van der Waals surface area (Å²) >= 11 is 3.21. The summed E-state index contributed by atoms with van der Waals surface area (Å²) in [6.45, 7) is 2.91. The molecule has 7 heteroatoms. The van der Waals surface area contributed by atoms with Crippen molar-refractivity contribution in [3.05, 3.63) is 58.3 Å². The van der Waals surface area contributed by atoms with Crippen LogP contribution in [0.5, 0.6) is 0 Å². The first-order valence-corrected chi connectivity index (χ1v) is 7.89. The Hall–Kier alpha value is -2.54. The number of ketones is 1. The molecule has 0 aliphatic rings. The van der Waals surface area contributed by atoms with Gasteiger partial charge in [-0.2, -0.15) is 0 Å². The largest absolute Gasteiger partial charge is 0.449 e. The number of aromatic nitrogens is 1. The van der Waals surface area contributed by atoms with Gasteiger partial charge in [-0.05, 0) is 48.0 Å². The maximum absolute atomic E-state index is 12.1. The zero-order valence-electron chi connectivity index (χ0n) is 13.1.